The van der Waals surface area contributed by atoms with E-state index in [1.807, 2.05) is 70.2 Å². The molecule has 5 rings (SSSR count). The molecule has 41 heavy (non-hydrogen) atoms. The molecular weight excluding hydrogens is 624 g/mol. The number of carbonyl (C=O) groups excluding carboxylic acids is 1. The Morgan fingerprint density at radius 3 is 2.83 bits per heavy atom. The molecule has 11 heteroatoms. The van der Waals surface area contributed by atoms with E-state index in [9.17, 15) is 9.59 Å². The third kappa shape index (κ3) is 8.86. The Labute approximate surface area is 255 Å². The van der Waals surface area contributed by atoms with Gasteiger partial charge >= 0.3 is 5.63 Å². The molecule has 1 aliphatic rings. The van der Waals surface area contributed by atoms with Gasteiger partial charge in [0.15, 0.2) is 0 Å². The molecule has 0 aliphatic carbocycles. The molecule has 1 amide bonds. The van der Waals surface area contributed by atoms with Crippen molar-refractivity contribution >= 4 is 54.4 Å². The molecule has 216 valence electrons. The number of nitrogens with zero attached hydrogens (tertiary/aromatic N) is 3. The minimum absolute atomic E-state index is 0.0724. The molecule has 4 aromatic rings. The second-order valence-electron chi connectivity index (χ2n) is 10.0. The average molecular weight is 658 g/mol. The van der Waals surface area contributed by atoms with Crippen molar-refractivity contribution in [3.8, 4) is 16.9 Å². The molecule has 0 bridgehead atoms. The van der Waals surface area contributed by atoms with Gasteiger partial charge in [0.25, 0.3) is 0 Å². The van der Waals surface area contributed by atoms with Crippen molar-refractivity contribution in [2.24, 2.45) is 0 Å². The van der Waals surface area contributed by atoms with E-state index in [0.717, 1.165) is 52.0 Å². The number of fused-ring (bicyclic) bond motifs is 1. The van der Waals surface area contributed by atoms with E-state index in [4.69, 9.17) is 9.15 Å². The van der Waals surface area contributed by atoms with E-state index in [2.05, 4.69) is 31.6 Å². The number of ether oxygens (including phenoxy) is 1. The van der Waals surface area contributed by atoms with Crippen LogP contribution in [0.15, 0.2) is 68.4 Å². The van der Waals surface area contributed by atoms with Crippen LogP contribution in [-0.4, -0.2) is 38.5 Å². The molecular formula is C30H33BrN4O4S2. The van der Waals surface area contributed by atoms with Gasteiger partial charge in [0.05, 0.1) is 24.9 Å². The SMILES string of the molecule is O=C(CCCCC1CCSS1)NCc1cn(CCCCOc2ccc3cc(-c4ccc(Br)cc4)c(=O)oc3c2)nn1. The highest BCUT2D eigenvalue weighted by Crippen LogP contribution is 2.39. The maximum absolute atomic E-state index is 12.6. The van der Waals surface area contributed by atoms with Gasteiger partial charge in [-0.15, -0.1) is 5.10 Å². The van der Waals surface area contributed by atoms with Gasteiger partial charge in [-0.05, 0) is 68.0 Å². The molecule has 1 aliphatic heterocycles. The highest BCUT2D eigenvalue weighted by molar-refractivity contribution is 9.10. The lowest BCUT2D eigenvalue weighted by Gasteiger charge is -2.08. The standard InChI is InChI=1S/C30H33BrN4O4S2/c31-23-10-7-21(8-11-23)27-17-22-9-12-25(18-28(22)39-30(27)37)38-15-4-3-14-35-20-24(33-34-35)19-32-29(36)6-2-1-5-26-13-16-40-41-26/h7-12,17-18,20,26H,1-6,13-16,19H2,(H,32,36). The molecule has 0 radical (unpaired) electrons. The maximum atomic E-state index is 12.6. The Hall–Kier alpha value is -2.76. The Morgan fingerprint density at radius 1 is 1.12 bits per heavy atom. The first-order chi connectivity index (χ1) is 20.0. The van der Waals surface area contributed by atoms with Gasteiger partial charge in [-0.25, -0.2) is 4.79 Å². The maximum Gasteiger partial charge on any atom is 0.344 e. The summed E-state index contributed by atoms with van der Waals surface area (Å²) in [4.78, 5) is 24.7. The van der Waals surface area contributed by atoms with E-state index >= 15 is 0 Å². The van der Waals surface area contributed by atoms with Crippen molar-refractivity contribution in [3.05, 3.63) is 75.3 Å². The molecule has 3 heterocycles. The fourth-order valence-electron chi connectivity index (χ4n) is 4.61. The van der Waals surface area contributed by atoms with Gasteiger partial charge in [0, 0.05) is 39.9 Å². The van der Waals surface area contributed by atoms with E-state index in [1.165, 1.54) is 18.6 Å². The number of unbranched alkanes of at least 4 members (excludes halogenated alkanes) is 2. The third-order valence-corrected chi connectivity index (χ3v) is 10.4. The molecule has 1 saturated heterocycles. The number of benzene rings is 2. The summed E-state index contributed by atoms with van der Waals surface area (Å²) in [5, 5.41) is 12.9. The summed E-state index contributed by atoms with van der Waals surface area (Å²) >= 11 is 3.42. The second-order valence-corrected chi connectivity index (χ2v) is 13.7. The van der Waals surface area contributed by atoms with Crippen LogP contribution in [0.4, 0.5) is 0 Å². The summed E-state index contributed by atoms with van der Waals surface area (Å²) in [6.07, 6.45) is 8.68. The lowest BCUT2D eigenvalue weighted by Crippen LogP contribution is -2.22. The zero-order chi connectivity index (χ0) is 28.4. The molecule has 2 aromatic heterocycles. The fraction of sp³-hybridized carbons (Fsp3) is 0.400. The zero-order valence-electron chi connectivity index (χ0n) is 22.7. The summed E-state index contributed by atoms with van der Waals surface area (Å²) in [7, 11) is 3.96. The summed E-state index contributed by atoms with van der Waals surface area (Å²) in [5.41, 5.74) is 2.22. The summed E-state index contributed by atoms with van der Waals surface area (Å²) in [5.74, 6) is 1.99. The monoisotopic (exact) mass is 656 g/mol. The van der Waals surface area contributed by atoms with E-state index in [0.29, 0.717) is 43.0 Å². The van der Waals surface area contributed by atoms with Crippen LogP contribution in [0.5, 0.6) is 5.75 Å². The van der Waals surface area contributed by atoms with Crippen molar-refractivity contribution < 1.29 is 13.9 Å². The largest absolute Gasteiger partial charge is 0.493 e. The van der Waals surface area contributed by atoms with Crippen molar-refractivity contribution in [2.75, 3.05) is 12.4 Å². The number of hydrogen-bond donors (Lipinski definition) is 1. The van der Waals surface area contributed by atoms with Crippen LogP contribution in [0, 0.1) is 0 Å². The van der Waals surface area contributed by atoms with Gasteiger partial charge in [-0.2, -0.15) is 0 Å². The zero-order valence-corrected chi connectivity index (χ0v) is 25.9. The van der Waals surface area contributed by atoms with E-state index in [1.54, 1.807) is 10.7 Å². The van der Waals surface area contributed by atoms with Crippen molar-refractivity contribution in [1.82, 2.24) is 20.3 Å². The average Bonchev–Trinajstić information content (AvgIpc) is 3.66. The third-order valence-electron chi connectivity index (χ3n) is 6.87. The predicted molar refractivity (Wildman–Crippen MR) is 169 cm³/mol. The summed E-state index contributed by atoms with van der Waals surface area (Å²) in [6.45, 7) is 1.65. The Morgan fingerprint density at radius 2 is 2.00 bits per heavy atom. The first kappa shape index (κ1) is 29.7. The topological polar surface area (TPSA) is 99.2 Å². The second kappa shape index (κ2) is 14.9. The minimum Gasteiger partial charge on any atom is -0.493 e. The summed E-state index contributed by atoms with van der Waals surface area (Å²) < 4.78 is 14.2. The molecule has 8 nitrogen and oxygen atoms in total. The van der Waals surface area contributed by atoms with Gasteiger partial charge in [0.1, 0.15) is 17.0 Å². The van der Waals surface area contributed by atoms with Crippen LogP contribution in [0.25, 0.3) is 22.1 Å². The highest BCUT2D eigenvalue weighted by Gasteiger charge is 2.16. The van der Waals surface area contributed by atoms with Crippen molar-refractivity contribution in [2.45, 2.75) is 63.3 Å². The number of nitrogens with one attached hydrogen (secondary N) is 1. The van der Waals surface area contributed by atoms with Crippen LogP contribution in [0.3, 0.4) is 0 Å². The lowest BCUT2D eigenvalue weighted by atomic mass is 10.1. The number of hydrogen-bond acceptors (Lipinski definition) is 8. The highest BCUT2D eigenvalue weighted by atomic mass is 79.9. The number of aryl methyl sites for hydroxylation is 1. The fourth-order valence-corrected chi connectivity index (χ4v) is 7.90. The Kier molecular flexibility index (Phi) is 10.8. The van der Waals surface area contributed by atoms with Crippen LogP contribution in [-0.2, 0) is 17.9 Å². The number of carbonyl (C=O) groups is 1. The van der Waals surface area contributed by atoms with Crippen molar-refractivity contribution in [1.29, 1.82) is 0 Å². The van der Waals surface area contributed by atoms with Crippen molar-refractivity contribution in [3.63, 3.8) is 0 Å². The van der Waals surface area contributed by atoms with E-state index < -0.39 is 0 Å². The molecule has 0 spiro atoms. The number of amides is 1. The van der Waals surface area contributed by atoms with E-state index in [-0.39, 0.29) is 11.5 Å². The first-order valence-corrected chi connectivity index (χ1v) is 17.1. The molecule has 1 fully saturated rings. The van der Waals surface area contributed by atoms with Crippen LogP contribution < -0.4 is 15.7 Å². The molecule has 0 saturated carbocycles. The number of aromatic nitrogens is 3. The summed E-state index contributed by atoms with van der Waals surface area (Å²) in [6, 6.07) is 15.0. The number of rotatable bonds is 14. The van der Waals surface area contributed by atoms with Crippen LogP contribution >= 0.6 is 37.5 Å². The quantitative estimate of drug-likeness (QED) is 0.0880. The van der Waals surface area contributed by atoms with Gasteiger partial charge < -0.3 is 14.5 Å². The lowest BCUT2D eigenvalue weighted by molar-refractivity contribution is -0.121. The van der Waals surface area contributed by atoms with Gasteiger partial charge in [-0.1, -0.05) is 61.3 Å². The molecule has 1 atom stereocenters. The Balaban J connectivity index is 0.996. The van der Waals surface area contributed by atoms with Crippen LogP contribution in [0.1, 0.15) is 50.6 Å². The predicted octanol–water partition coefficient (Wildman–Crippen LogP) is 7.00. The molecule has 1 unspecified atom stereocenters. The van der Waals surface area contributed by atoms with Gasteiger partial charge in [-0.3, -0.25) is 9.48 Å². The normalized spacial score (nSPS) is 14.9. The smallest absolute Gasteiger partial charge is 0.344 e. The van der Waals surface area contributed by atoms with Crippen LogP contribution in [0.2, 0.25) is 0 Å². The first-order valence-electron chi connectivity index (χ1n) is 13.9. The van der Waals surface area contributed by atoms with Gasteiger partial charge in [0.2, 0.25) is 5.91 Å². The Bertz CT molecular complexity index is 1500. The molecule has 2 aromatic carbocycles. The molecule has 1 N–H and O–H groups in total. The number of halogens is 1. The minimum atomic E-state index is -0.378.